The molecule has 64 heavy (non-hydrogen) atoms. The van der Waals surface area contributed by atoms with Crippen LogP contribution in [0.1, 0.15) is 0 Å². The fourth-order valence-corrected chi connectivity index (χ4v) is 23.8. The molecule has 0 aliphatic carbocycles. The van der Waals surface area contributed by atoms with Crippen molar-refractivity contribution in [3.05, 3.63) is 255 Å². The molecule has 300 valence electrons. The third-order valence-corrected chi connectivity index (χ3v) is 24.3. The van der Waals surface area contributed by atoms with Crippen LogP contribution in [-0.2, 0) is 0 Å². The Morgan fingerprint density at radius 3 is 0.828 bits per heavy atom. The molecule has 0 atom stereocenters. The Hall–Kier alpha value is -7.77. The van der Waals surface area contributed by atoms with Gasteiger partial charge in [-0.3, -0.25) is 0 Å². The zero-order valence-corrected chi connectivity index (χ0v) is 37.1. The summed E-state index contributed by atoms with van der Waals surface area (Å²) in [6.07, 6.45) is 0. The van der Waals surface area contributed by atoms with Crippen molar-refractivity contribution in [2.75, 3.05) is 0 Å². The van der Waals surface area contributed by atoms with Gasteiger partial charge in [-0.1, -0.05) is 206 Å². The molecule has 0 saturated heterocycles. The first-order valence-corrected chi connectivity index (χ1v) is 26.3. The summed E-state index contributed by atoms with van der Waals surface area (Å²) in [4.78, 5) is 0. The van der Waals surface area contributed by atoms with Crippen molar-refractivity contribution >= 4 is 101 Å². The van der Waals surface area contributed by atoms with E-state index in [0.29, 0.717) is 0 Å². The highest BCUT2D eigenvalue weighted by molar-refractivity contribution is 7.32. The number of benzene rings is 10. The molecule has 0 bridgehead atoms. The first kappa shape index (κ1) is 36.8. The molecule has 0 N–H and O–H groups in total. The molecule has 0 radical (unpaired) electrons. The lowest BCUT2D eigenvalue weighted by molar-refractivity contribution is 1.18. The van der Waals surface area contributed by atoms with Gasteiger partial charge in [-0.05, 0) is 90.0 Å². The molecule has 10 aromatic carbocycles. The average molecular weight is 847 g/mol. The Balaban J connectivity index is 1.18. The van der Waals surface area contributed by atoms with E-state index in [1.807, 2.05) is 0 Å². The van der Waals surface area contributed by atoms with Gasteiger partial charge in [0, 0.05) is 32.9 Å². The molecule has 3 heterocycles. The Bertz CT molecular complexity index is 3400. The second-order valence-corrected chi connectivity index (χ2v) is 24.6. The van der Waals surface area contributed by atoms with Gasteiger partial charge in [-0.2, -0.15) is 0 Å². The van der Waals surface area contributed by atoms with Gasteiger partial charge >= 0.3 is 0 Å². The minimum absolute atomic E-state index is 1.18. The molecular formula is C60H42N2Si2. The first-order valence-electron chi connectivity index (χ1n) is 22.3. The highest BCUT2D eigenvalue weighted by Crippen LogP contribution is 2.34. The van der Waals surface area contributed by atoms with Gasteiger partial charge < -0.3 is 9.13 Å². The maximum absolute atomic E-state index is 3.18. The van der Waals surface area contributed by atoms with Crippen LogP contribution in [0.5, 0.6) is 0 Å². The fourth-order valence-electron chi connectivity index (χ4n) is 11.7. The lowest BCUT2D eigenvalue weighted by Crippen LogP contribution is -2.93. The summed E-state index contributed by atoms with van der Waals surface area (Å²) in [6, 6.07) is 96.8. The normalized spacial score (nSPS) is 13.9. The van der Waals surface area contributed by atoms with E-state index in [4.69, 9.17) is 0 Å². The van der Waals surface area contributed by atoms with Crippen LogP contribution >= 0.6 is 0 Å². The molecule has 2 nitrogen and oxygen atoms in total. The summed E-state index contributed by atoms with van der Waals surface area (Å²) in [5, 5.41) is 16.5. The van der Waals surface area contributed by atoms with E-state index in [9.17, 15) is 0 Å². The van der Waals surface area contributed by atoms with Crippen LogP contribution in [0.25, 0.3) is 55.0 Å². The summed E-state index contributed by atoms with van der Waals surface area (Å²) >= 11 is 0. The largest absolute Gasteiger partial charge is 0.309 e. The van der Waals surface area contributed by atoms with Crippen LogP contribution < -0.4 is 41.5 Å². The van der Waals surface area contributed by atoms with Gasteiger partial charge in [0.25, 0.3) is 0 Å². The van der Waals surface area contributed by atoms with E-state index in [1.54, 1.807) is 0 Å². The topological polar surface area (TPSA) is 9.86 Å². The lowest BCUT2D eigenvalue weighted by Gasteiger charge is -2.48. The number of rotatable bonds is 6. The Morgan fingerprint density at radius 2 is 0.484 bits per heavy atom. The number of para-hydroxylation sites is 4. The van der Waals surface area contributed by atoms with E-state index in [2.05, 4.69) is 264 Å². The number of fused-ring (bicyclic) bond motifs is 8. The lowest BCUT2D eigenvalue weighted by atomic mass is 10.2. The Kier molecular flexibility index (Phi) is 8.29. The highest BCUT2D eigenvalue weighted by Gasteiger charge is 2.56. The molecule has 1 aliphatic rings. The van der Waals surface area contributed by atoms with Gasteiger partial charge in [0.05, 0.1) is 22.1 Å². The number of aromatic nitrogens is 2. The molecule has 4 heteroatoms. The molecule has 0 saturated carbocycles. The molecule has 0 amide bonds. The zero-order chi connectivity index (χ0) is 42.2. The van der Waals surface area contributed by atoms with Gasteiger partial charge in [0.15, 0.2) is 16.1 Å². The molecule has 13 rings (SSSR count). The molecule has 1 aliphatic heterocycles. The van der Waals surface area contributed by atoms with Gasteiger partial charge in [-0.15, -0.1) is 0 Å². The molecule has 2 aromatic heterocycles. The third kappa shape index (κ3) is 5.06. The van der Waals surface area contributed by atoms with Crippen molar-refractivity contribution < 1.29 is 0 Å². The van der Waals surface area contributed by atoms with E-state index < -0.39 is 16.1 Å². The van der Waals surface area contributed by atoms with E-state index in [-0.39, 0.29) is 0 Å². The fraction of sp³-hybridized carbons (Fsp3) is 0. The molecule has 12 aromatic rings. The maximum atomic E-state index is 2.55. The second kappa shape index (κ2) is 14.4. The predicted molar refractivity (Wildman–Crippen MR) is 276 cm³/mol. The summed E-state index contributed by atoms with van der Waals surface area (Å²) in [5.74, 6) is 0. The number of nitrogens with zero attached hydrogens (tertiary/aromatic N) is 2. The average Bonchev–Trinajstić information content (AvgIpc) is 3.89. The van der Waals surface area contributed by atoms with Crippen molar-refractivity contribution in [1.29, 1.82) is 0 Å². The van der Waals surface area contributed by atoms with Crippen LogP contribution in [0.3, 0.4) is 0 Å². The number of hydrogen-bond donors (Lipinski definition) is 0. The van der Waals surface area contributed by atoms with Crippen molar-refractivity contribution in [1.82, 2.24) is 9.13 Å². The second-order valence-electron chi connectivity index (χ2n) is 17.2. The van der Waals surface area contributed by atoms with Crippen LogP contribution in [0.2, 0.25) is 0 Å². The van der Waals surface area contributed by atoms with Crippen LogP contribution in [-0.4, -0.2) is 25.3 Å². The standard InChI is InChI=1S/C60H42N2Si2/c1-3-23-45(24-4-1)63(46-25-5-2-6-26-46)57-37-15-17-39-59(57)64(60-40-18-16-38-58(60)63,47-27-19-21-43(41-47)61-53-33-11-7-29-49(53)50-30-8-12-34-54(50)61)48-28-20-22-44(42-48)62-55-35-13-9-31-51(55)52-32-10-14-36-56(52)62/h1-42H. The van der Waals surface area contributed by atoms with Crippen LogP contribution in [0.15, 0.2) is 255 Å². The Morgan fingerprint density at radius 1 is 0.219 bits per heavy atom. The van der Waals surface area contributed by atoms with Crippen molar-refractivity contribution in [3.8, 4) is 11.4 Å². The quantitative estimate of drug-likeness (QED) is 0.148. The SMILES string of the molecule is c1ccc([Si]2(c3ccccc3)c3ccccc3[Si](c3cccc(-n4c5ccccc5c5ccccc54)c3)(c3cccc(-n4c5ccccc5c5ccccc54)c3)c3ccccc32)cc1. The summed E-state index contributed by atoms with van der Waals surface area (Å²) in [5.41, 5.74) is 7.22. The predicted octanol–water partition coefficient (Wildman–Crippen LogP) is 8.95. The summed E-state index contributed by atoms with van der Waals surface area (Å²) in [7, 11) is -6.07. The zero-order valence-electron chi connectivity index (χ0n) is 35.1. The van der Waals surface area contributed by atoms with Gasteiger partial charge in [0.1, 0.15) is 0 Å². The van der Waals surface area contributed by atoms with Crippen molar-refractivity contribution in [2.24, 2.45) is 0 Å². The number of hydrogen-bond acceptors (Lipinski definition) is 0. The summed E-state index contributed by atoms with van der Waals surface area (Å²) in [6.45, 7) is 0. The van der Waals surface area contributed by atoms with E-state index in [1.165, 1.54) is 96.5 Å². The third-order valence-electron chi connectivity index (χ3n) is 14.1. The molecule has 0 fully saturated rings. The summed E-state index contributed by atoms with van der Waals surface area (Å²) < 4.78 is 4.97. The molecule has 0 unspecified atom stereocenters. The molecule has 0 spiro atoms. The maximum Gasteiger partial charge on any atom is 0.179 e. The first-order chi connectivity index (χ1) is 31.8. The van der Waals surface area contributed by atoms with Gasteiger partial charge in [-0.25, -0.2) is 0 Å². The van der Waals surface area contributed by atoms with Crippen LogP contribution in [0, 0.1) is 0 Å². The minimum atomic E-state index is -3.18. The van der Waals surface area contributed by atoms with Gasteiger partial charge in [0.2, 0.25) is 0 Å². The van der Waals surface area contributed by atoms with E-state index in [0.717, 1.165) is 0 Å². The smallest absolute Gasteiger partial charge is 0.179 e. The van der Waals surface area contributed by atoms with E-state index >= 15 is 0 Å². The molecular weight excluding hydrogens is 805 g/mol. The van der Waals surface area contributed by atoms with Crippen molar-refractivity contribution in [2.45, 2.75) is 0 Å². The Labute approximate surface area is 374 Å². The van der Waals surface area contributed by atoms with Crippen molar-refractivity contribution in [3.63, 3.8) is 0 Å². The minimum Gasteiger partial charge on any atom is -0.309 e. The van der Waals surface area contributed by atoms with Crippen LogP contribution in [0.4, 0.5) is 0 Å². The highest BCUT2D eigenvalue weighted by atomic mass is 28.3. The monoisotopic (exact) mass is 846 g/mol.